The molecule has 0 aliphatic heterocycles. The number of anilines is 1. The molecule has 1 aromatic carbocycles. The number of hydrogen-bond donors (Lipinski definition) is 1. The second kappa shape index (κ2) is 6.19. The summed E-state index contributed by atoms with van der Waals surface area (Å²) in [5, 5.41) is 3.44. The van der Waals surface area contributed by atoms with Crippen molar-refractivity contribution in [3.63, 3.8) is 0 Å². The number of nitrogens with one attached hydrogen (secondary N) is 1. The van der Waals surface area contributed by atoms with Crippen molar-refractivity contribution in [2.24, 2.45) is 5.41 Å². The minimum atomic E-state index is -0.160. The van der Waals surface area contributed by atoms with Crippen LogP contribution in [0.3, 0.4) is 0 Å². The Bertz CT molecular complexity index is 375. The molecular weight excluding hydrogens is 227 g/mol. The van der Waals surface area contributed by atoms with E-state index >= 15 is 0 Å². The maximum atomic E-state index is 13.7. The SMILES string of the molecule is CC(C)NCC(C)(C)CN(C)c1ccccc1F. The molecule has 0 bridgehead atoms. The molecule has 0 saturated heterocycles. The second-order valence-electron chi connectivity index (χ2n) is 6.01. The highest BCUT2D eigenvalue weighted by molar-refractivity contribution is 5.46. The van der Waals surface area contributed by atoms with Gasteiger partial charge in [-0.15, -0.1) is 0 Å². The molecule has 0 heterocycles. The molecule has 1 aromatic rings. The Balaban J connectivity index is 2.63. The standard InChI is InChI=1S/C15H25FN2/c1-12(2)17-10-15(3,4)11-18(5)14-9-7-6-8-13(14)16/h6-9,12,17H,10-11H2,1-5H3. The van der Waals surface area contributed by atoms with Gasteiger partial charge in [0.2, 0.25) is 0 Å². The Morgan fingerprint density at radius 2 is 1.89 bits per heavy atom. The maximum Gasteiger partial charge on any atom is 0.146 e. The van der Waals surface area contributed by atoms with Crippen molar-refractivity contribution < 1.29 is 4.39 Å². The van der Waals surface area contributed by atoms with Gasteiger partial charge in [0.1, 0.15) is 5.82 Å². The molecule has 0 atom stereocenters. The lowest BCUT2D eigenvalue weighted by atomic mass is 9.92. The summed E-state index contributed by atoms with van der Waals surface area (Å²) < 4.78 is 13.7. The third-order valence-electron chi connectivity index (χ3n) is 2.92. The van der Waals surface area contributed by atoms with Gasteiger partial charge in [-0.25, -0.2) is 4.39 Å². The van der Waals surface area contributed by atoms with E-state index in [9.17, 15) is 4.39 Å². The van der Waals surface area contributed by atoms with Crippen molar-refractivity contribution >= 4 is 5.69 Å². The Kier molecular flexibility index (Phi) is 5.15. The first-order valence-corrected chi connectivity index (χ1v) is 6.51. The van der Waals surface area contributed by atoms with Crippen LogP contribution in [0, 0.1) is 11.2 Å². The van der Waals surface area contributed by atoms with Gasteiger partial charge in [-0.05, 0) is 17.5 Å². The Morgan fingerprint density at radius 3 is 2.44 bits per heavy atom. The van der Waals surface area contributed by atoms with Crippen LogP contribution >= 0.6 is 0 Å². The fraction of sp³-hybridized carbons (Fsp3) is 0.600. The van der Waals surface area contributed by atoms with Crippen molar-refractivity contribution in [2.45, 2.75) is 33.7 Å². The largest absolute Gasteiger partial charge is 0.372 e. The highest BCUT2D eigenvalue weighted by atomic mass is 19.1. The van der Waals surface area contributed by atoms with Crippen LogP contribution < -0.4 is 10.2 Å². The van der Waals surface area contributed by atoms with E-state index in [0.29, 0.717) is 11.7 Å². The van der Waals surface area contributed by atoms with Gasteiger partial charge in [0.15, 0.2) is 0 Å². The van der Waals surface area contributed by atoms with Crippen molar-refractivity contribution in [3.8, 4) is 0 Å². The van der Waals surface area contributed by atoms with Gasteiger partial charge in [0, 0.05) is 26.2 Å². The molecule has 0 amide bonds. The highest BCUT2D eigenvalue weighted by Gasteiger charge is 2.21. The normalized spacial score (nSPS) is 11.9. The molecule has 0 aromatic heterocycles. The lowest BCUT2D eigenvalue weighted by Gasteiger charge is -2.32. The fourth-order valence-corrected chi connectivity index (χ4v) is 2.02. The Hall–Kier alpha value is -1.09. The molecular formula is C15H25FN2. The number of hydrogen-bond acceptors (Lipinski definition) is 2. The van der Waals surface area contributed by atoms with E-state index in [1.54, 1.807) is 6.07 Å². The molecule has 0 aliphatic rings. The number of halogens is 1. The van der Waals surface area contributed by atoms with Crippen molar-refractivity contribution in [2.75, 3.05) is 25.0 Å². The highest BCUT2D eigenvalue weighted by Crippen LogP contribution is 2.22. The first-order chi connectivity index (χ1) is 8.32. The van der Waals surface area contributed by atoms with E-state index in [0.717, 1.165) is 13.1 Å². The summed E-state index contributed by atoms with van der Waals surface area (Å²) in [5.74, 6) is -0.160. The van der Waals surface area contributed by atoms with E-state index in [4.69, 9.17) is 0 Å². The van der Waals surface area contributed by atoms with Gasteiger partial charge < -0.3 is 10.2 Å². The number of nitrogens with zero attached hydrogens (tertiary/aromatic N) is 1. The van der Waals surface area contributed by atoms with E-state index in [2.05, 4.69) is 33.0 Å². The number of rotatable bonds is 6. The lowest BCUT2D eigenvalue weighted by Crippen LogP contribution is -2.41. The van der Waals surface area contributed by atoms with Crippen LogP contribution in [0.25, 0.3) is 0 Å². The van der Waals surface area contributed by atoms with Gasteiger partial charge in [-0.2, -0.15) is 0 Å². The Labute approximate surface area is 110 Å². The zero-order chi connectivity index (χ0) is 13.8. The van der Waals surface area contributed by atoms with Gasteiger partial charge in [0.25, 0.3) is 0 Å². The third kappa shape index (κ3) is 4.65. The number of benzene rings is 1. The molecule has 3 heteroatoms. The van der Waals surface area contributed by atoms with Crippen molar-refractivity contribution in [1.82, 2.24) is 5.32 Å². The van der Waals surface area contributed by atoms with Crippen LogP contribution in [0.5, 0.6) is 0 Å². The maximum absolute atomic E-state index is 13.7. The summed E-state index contributed by atoms with van der Waals surface area (Å²) in [7, 11) is 1.94. The summed E-state index contributed by atoms with van der Waals surface area (Å²) in [6.45, 7) is 10.4. The van der Waals surface area contributed by atoms with E-state index < -0.39 is 0 Å². The fourth-order valence-electron chi connectivity index (χ4n) is 2.02. The molecule has 102 valence electrons. The van der Waals surface area contributed by atoms with Gasteiger partial charge in [-0.3, -0.25) is 0 Å². The minimum Gasteiger partial charge on any atom is -0.372 e. The number of para-hydroxylation sites is 1. The van der Waals surface area contributed by atoms with Crippen LogP contribution in [0.1, 0.15) is 27.7 Å². The van der Waals surface area contributed by atoms with Crippen molar-refractivity contribution in [3.05, 3.63) is 30.1 Å². The van der Waals surface area contributed by atoms with Crippen molar-refractivity contribution in [1.29, 1.82) is 0 Å². The van der Waals surface area contributed by atoms with Crippen LogP contribution in [-0.4, -0.2) is 26.2 Å². The minimum absolute atomic E-state index is 0.0985. The Morgan fingerprint density at radius 1 is 1.28 bits per heavy atom. The molecule has 18 heavy (non-hydrogen) atoms. The smallest absolute Gasteiger partial charge is 0.146 e. The average molecular weight is 252 g/mol. The average Bonchev–Trinajstić information content (AvgIpc) is 2.26. The lowest BCUT2D eigenvalue weighted by molar-refractivity contribution is 0.333. The van der Waals surface area contributed by atoms with E-state index in [-0.39, 0.29) is 11.2 Å². The predicted molar refractivity (Wildman–Crippen MR) is 76.6 cm³/mol. The van der Waals surface area contributed by atoms with Crippen LogP contribution in [0.4, 0.5) is 10.1 Å². The summed E-state index contributed by atoms with van der Waals surface area (Å²) in [5.41, 5.74) is 0.761. The third-order valence-corrected chi connectivity index (χ3v) is 2.92. The molecule has 0 unspecified atom stereocenters. The van der Waals surface area contributed by atoms with Gasteiger partial charge in [-0.1, -0.05) is 39.8 Å². The predicted octanol–water partition coefficient (Wildman–Crippen LogP) is 3.29. The topological polar surface area (TPSA) is 15.3 Å². The zero-order valence-electron chi connectivity index (χ0n) is 12.1. The molecule has 1 rings (SSSR count). The summed E-state index contributed by atoms with van der Waals surface area (Å²) >= 11 is 0. The second-order valence-corrected chi connectivity index (χ2v) is 6.01. The quantitative estimate of drug-likeness (QED) is 0.836. The van der Waals surface area contributed by atoms with E-state index in [1.807, 2.05) is 24.1 Å². The van der Waals surface area contributed by atoms with E-state index in [1.165, 1.54) is 6.07 Å². The van der Waals surface area contributed by atoms with Crippen LogP contribution in [0.15, 0.2) is 24.3 Å². The van der Waals surface area contributed by atoms with Gasteiger partial charge >= 0.3 is 0 Å². The van der Waals surface area contributed by atoms with Crippen LogP contribution in [0.2, 0.25) is 0 Å². The molecule has 0 radical (unpaired) electrons. The van der Waals surface area contributed by atoms with Crippen LogP contribution in [-0.2, 0) is 0 Å². The summed E-state index contributed by atoms with van der Waals surface area (Å²) in [6.07, 6.45) is 0. The monoisotopic (exact) mass is 252 g/mol. The molecule has 1 N–H and O–H groups in total. The molecule has 0 spiro atoms. The molecule has 2 nitrogen and oxygen atoms in total. The van der Waals surface area contributed by atoms with Gasteiger partial charge in [0.05, 0.1) is 5.69 Å². The zero-order valence-corrected chi connectivity index (χ0v) is 12.1. The molecule has 0 fully saturated rings. The molecule has 0 saturated carbocycles. The first kappa shape index (κ1) is 15.0. The first-order valence-electron chi connectivity index (χ1n) is 6.51. The summed E-state index contributed by atoms with van der Waals surface area (Å²) in [6, 6.07) is 7.39. The molecule has 0 aliphatic carbocycles. The summed E-state index contributed by atoms with van der Waals surface area (Å²) in [4.78, 5) is 1.98.